The zero-order chi connectivity index (χ0) is 15.4. The molecular weight excluding hydrogens is 267 g/mol. The van der Waals surface area contributed by atoms with Crippen LogP contribution < -0.4 is 10.4 Å². The summed E-state index contributed by atoms with van der Waals surface area (Å²) in [5.41, 5.74) is 7.03. The highest BCUT2D eigenvalue weighted by Gasteiger charge is 2.12. The van der Waals surface area contributed by atoms with Crippen molar-refractivity contribution in [2.75, 3.05) is 23.1 Å². The number of nitrogen functional groups attached to an aromatic ring is 1. The summed E-state index contributed by atoms with van der Waals surface area (Å²) in [7, 11) is 0.736. The number of hydrogen-bond acceptors (Lipinski definition) is 4. The Balaban J connectivity index is 0.00000172. The van der Waals surface area contributed by atoms with E-state index in [0.29, 0.717) is 5.82 Å². The maximum atomic E-state index is 5.97. The summed E-state index contributed by atoms with van der Waals surface area (Å²) in [4.78, 5) is 8.99. The third-order valence-corrected chi connectivity index (χ3v) is 3.80. The Morgan fingerprint density at radius 1 is 1.20 bits per heavy atom. The first-order chi connectivity index (χ1) is 9.72. The van der Waals surface area contributed by atoms with E-state index in [4.69, 9.17) is 10.7 Å². The molecule has 0 aliphatic rings. The summed E-state index contributed by atoms with van der Waals surface area (Å²) in [5, 5.41) is 0. The van der Waals surface area contributed by atoms with Gasteiger partial charge in [0, 0.05) is 6.54 Å². The molecule has 1 heterocycles. The summed E-state index contributed by atoms with van der Waals surface area (Å²) < 4.78 is 2.28. The Hall–Kier alpha value is -0.890. The zero-order valence-electron chi connectivity index (χ0n) is 13.7. The second-order valence-corrected chi connectivity index (χ2v) is 5.90. The normalized spacial score (nSPS) is 10.4. The molecule has 0 radical (unpaired) electrons. The summed E-state index contributed by atoms with van der Waals surface area (Å²) in [5.74, 6) is 1.44. The van der Waals surface area contributed by atoms with Crippen molar-refractivity contribution in [3.05, 3.63) is 11.9 Å². The second-order valence-electron chi connectivity index (χ2n) is 4.34. The lowest BCUT2D eigenvalue weighted by atomic mass is 10.2. The van der Waals surface area contributed by atoms with Crippen molar-refractivity contribution in [2.24, 2.45) is 0 Å². The summed E-state index contributed by atoms with van der Waals surface area (Å²) >= 11 is 0. The Morgan fingerprint density at radius 2 is 1.90 bits per heavy atom. The van der Waals surface area contributed by atoms with Crippen LogP contribution in [0.1, 0.15) is 59.6 Å². The quantitative estimate of drug-likeness (QED) is 0.729. The van der Waals surface area contributed by atoms with Gasteiger partial charge in [0.25, 0.3) is 0 Å². The lowest BCUT2D eigenvalue weighted by Crippen LogP contribution is -2.18. The predicted octanol–water partition coefficient (Wildman–Crippen LogP) is 4.26. The van der Waals surface area contributed by atoms with Crippen molar-refractivity contribution >= 4 is 20.4 Å². The van der Waals surface area contributed by atoms with Crippen LogP contribution in [0.5, 0.6) is 0 Å². The summed E-state index contributed by atoms with van der Waals surface area (Å²) in [6.07, 6.45) is 7.37. The fraction of sp³-hybridized carbons (Fsp3) is 0.733. The fourth-order valence-corrected chi connectivity index (χ4v) is 2.85. The minimum Gasteiger partial charge on any atom is -0.381 e. The van der Waals surface area contributed by atoms with Crippen molar-refractivity contribution in [2.45, 2.75) is 60.3 Å². The molecule has 1 aromatic heterocycles. The SMILES string of the molecule is CC.CCCCc1cnc(N)c(N(CCC)PCC)n1. The van der Waals surface area contributed by atoms with Crippen LogP contribution in [0.25, 0.3) is 0 Å². The van der Waals surface area contributed by atoms with E-state index in [1.165, 1.54) is 6.42 Å². The van der Waals surface area contributed by atoms with Gasteiger partial charge in [-0.3, -0.25) is 0 Å². The lowest BCUT2D eigenvalue weighted by molar-refractivity contribution is 0.770. The predicted molar refractivity (Wildman–Crippen MR) is 92.9 cm³/mol. The smallest absolute Gasteiger partial charge is 0.174 e. The molecule has 2 N–H and O–H groups in total. The van der Waals surface area contributed by atoms with Crippen LogP contribution in [0.15, 0.2) is 6.20 Å². The number of hydrogen-bond donors (Lipinski definition) is 1. The van der Waals surface area contributed by atoms with Crippen LogP contribution in [-0.2, 0) is 6.42 Å². The molecule has 0 saturated carbocycles. The molecule has 0 bridgehead atoms. The Morgan fingerprint density at radius 3 is 2.45 bits per heavy atom. The molecule has 0 spiro atoms. The van der Waals surface area contributed by atoms with Crippen molar-refractivity contribution in [1.29, 1.82) is 0 Å². The van der Waals surface area contributed by atoms with E-state index in [1.807, 2.05) is 20.0 Å². The van der Waals surface area contributed by atoms with E-state index < -0.39 is 0 Å². The molecule has 0 aliphatic heterocycles. The molecule has 1 atom stereocenters. The van der Waals surface area contributed by atoms with Gasteiger partial charge in [-0.2, -0.15) is 0 Å². The number of nitrogens with two attached hydrogens (primary N) is 1. The number of anilines is 2. The van der Waals surface area contributed by atoms with E-state index in [0.717, 1.165) is 52.2 Å². The molecule has 1 aromatic rings. The maximum Gasteiger partial charge on any atom is 0.174 e. The molecular formula is C15H31N4P. The number of rotatable bonds is 8. The minimum absolute atomic E-state index is 0.560. The first kappa shape index (κ1) is 19.1. The van der Waals surface area contributed by atoms with E-state index in [-0.39, 0.29) is 0 Å². The van der Waals surface area contributed by atoms with Crippen molar-refractivity contribution in [3.8, 4) is 0 Å². The molecule has 116 valence electrons. The summed E-state index contributed by atoms with van der Waals surface area (Å²) in [6.45, 7) is 11.6. The summed E-state index contributed by atoms with van der Waals surface area (Å²) in [6, 6.07) is 0. The first-order valence-electron chi connectivity index (χ1n) is 7.85. The largest absolute Gasteiger partial charge is 0.381 e. The van der Waals surface area contributed by atoms with E-state index >= 15 is 0 Å². The first-order valence-corrected chi connectivity index (χ1v) is 9.00. The topological polar surface area (TPSA) is 55.0 Å². The van der Waals surface area contributed by atoms with Gasteiger partial charge in [0.05, 0.1) is 11.9 Å². The van der Waals surface area contributed by atoms with Gasteiger partial charge in [-0.15, -0.1) is 0 Å². The van der Waals surface area contributed by atoms with E-state index in [1.54, 1.807) is 0 Å². The zero-order valence-corrected chi connectivity index (χ0v) is 14.7. The average Bonchev–Trinajstić information content (AvgIpc) is 2.48. The molecule has 0 saturated heterocycles. The fourth-order valence-electron chi connectivity index (χ4n) is 1.78. The van der Waals surface area contributed by atoms with Crippen LogP contribution in [0, 0.1) is 0 Å². The minimum atomic E-state index is 0.560. The van der Waals surface area contributed by atoms with Crippen LogP contribution in [0.2, 0.25) is 0 Å². The molecule has 1 rings (SSSR count). The van der Waals surface area contributed by atoms with Gasteiger partial charge in [-0.1, -0.05) is 41.0 Å². The highest BCUT2D eigenvalue weighted by molar-refractivity contribution is 7.40. The van der Waals surface area contributed by atoms with Crippen LogP contribution >= 0.6 is 8.73 Å². The van der Waals surface area contributed by atoms with Crippen LogP contribution in [0.3, 0.4) is 0 Å². The lowest BCUT2D eigenvalue weighted by Gasteiger charge is -2.23. The maximum absolute atomic E-state index is 5.97. The highest BCUT2D eigenvalue weighted by atomic mass is 31.1. The second kappa shape index (κ2) is 11.9. The molecule has 20 heavy (non-hydrogen) atoms. The van der Waals surface area contributed by atoms with Gasteiger partial charge in [0.15, 0.2) is 11.6 Å². The van der Waals surface area contributed by atoms with Crippen LogP contribution in [-0.4, -0.2) is 22.7 Å². The van der Waals surface area contributed by atoms with Gasteiger partial charge in [0.2, 0.25) is 0 Å². The highest BCUT2D eigenvalue weighted by Crippen LogP contribution is 2.29. The molecule has 0 amide bonds. The molecule has 0 fully saturated rings. The Kier molecular flexibility index (Phi) is 11.4. The Bertz CT molecular complexity index is 352. The molecule has 0 aromatic carbocycles. The number of unbranched alkanes of at least 4 members (excludes halogenated alkanes) is 1. The van der Waals surface area contributed by atoms with Gasteiger partial charge in [-0.05, 0) is 34.2 Å². The van der Waals surface area contributed by atoms with Gasteiger partial charge in [0.1, 0.15) is 0 Å². The van der Waals surface area contributed by atoms with Gasteiger partial charge < -0.3 is 10.4 Å². The third-order valence-electron chi connectivity index (χ3n) is 2.67. The molecule has 0 aliphatic carbocycles. The Labute approximate surface area is 126 Å². The van der Waals surface area contributed by atoms with Crippen LogP contribution in [0.4, 0.5) is 11.6 Å². The third kappa shape index (κ3) is 6.51. The van der Waals surface area contributed by atoms with Crippen molar-refractivity contribution in [3.63, 3.8) is 0 Å². The van der Waals surface area contributed by atoms with Gasteiger partial charge in [-0.25, -0.2) is 9.97 Å². The number of nitrogens with zero attached hydrogens (tertiary/aromatic N) is 3. The van der Waals surface area contributed by atoms with E-state index in [2.05, 4.69) is 30.4 Å². The average molecular weight is 298 g/mol. The standard InChI is InChI=1S/C13H25N4P.C2H6/c1-4-7-8-11-10-15-12(14)13(16-11)17(9-5-2)18-6-3;1-2/h10,18H,4-9H2,1-3H3,(H2,14,15);1-2H3. The van der Waals surface area contributed by atoms with Crippen molar-refractivity contribution in [1.82, 2.24) is 9.97 Å². The number of aromatic nitrogens is 2. The molecule has 5 heteroatoms. The number of aryl methyl sites for hydroxylation is 1. The molecule has 1 unspecified atom stereocenters. The molecule has 4 nitrogen and oxygen atoms in total. The monoisotopic (exact) mass is 298 g/mol. The van der Waals surface area contributed by atoms with E-state index in [9.17, 15) is 0 Å². The van der Waals surface area contributed by atoms with Crippen molar-refractivity contribution < 1.29 is 0 Å². The van der Waals surface area contributed by atoms with Gasteiger partial charge >= 0.3 is 0 Å².